The molecule has 0 saturated carbocycles. The average Bonchev–Trinajstić information content (AvgIpc) is 2.31. The van der Waals surface area contributed by atoms with E-state index in [0.717, 1.165) is 24.8 Å². The first-order valence-corrected chi connectivity index (χ1v) is 7.20. The Morgan fingerprint density at radius 2 is 1.89 bits per heavy atom. The van der Waals surface area contributed by atoms with E-state index >= 15 is 0 Å². The topological polar surface area (TPSA) is 20.2 Å². The van der Waals surface area contributed by atoms with E-state index in [9.17, 15) is 9.50 Å². The van der Waals surface area contributed by atoms with Gasteiger partial charge in [-0.05, 0) is 62.3 Å². The van der Waals surface area contributed by atoms with Crippen molar-refractivity contribution in [2.45, 2.75) is 58.0 Å². The first kappa shape index (κ1) is 14.3. The Balaban J connectivity index is 2.31. The summed E-state index contributed by atoms with van der Waals surface area (Å²) in [4.78, 5) is 0. The first-order valence-electron chi connectivity index (χ1n) is 7.20. The predicted octanol–water partition coefficient (Wildman–Crippen LogP) is 4.62. The Morgan fingerprint density at radius 3 is 2.63 bits per heavy atom. The molecule has 1 N–H and O–H groups in total. The van der Waals surface area contributed by atoms with Crippen molar-refractivity contribution >= 4 is 0 Å². The van der Waals surface area contributed by atoms with Gasteiger partial charge in [-0.3, -0.25) is 0 Å². The highest BCUT2D eigenvalue weighted by Crippen LogP contribution is 2.34. The van der Waals surface area contributed by atoms with Crippen LogP contribution in [0.2, 0.25) is 0 Å². The fourth-order valence-corrected chi connectivity index (χ4v) is 2.71. The molecule has 0 bridgehead atoms. The number of halogens is 1. The van der Waals surface area contributed by atoms with E-state index in [1.165, 1.54) is 25.3 Å². The van der Waals surface area contributed by atoms with Crippen molar-refractivity contribution in [3.63, 3.8) is 0 Å². The van der Waals surface area contributed by atoms with Crippen LogP contribution in [0.3, 0.4) is 0 Å². The zero-order valence-electron chi connectivity index (χ0n) is 11.9. The van der Waals surface area contributed by atoms with E-state index in [1.54, 1.807) is 19.9 Å². The van der Waals surface area contributed by atoms with Crippen molar-refractivity contribution in [2.24, 2.45) is 0 Å². The van der Waals surface area contributed by atoms with Gasteiger partial charge in [0.05, 0.1) is 0 Å². The molecular formula is C17H23FO. The van der Waals surface area contributed by atoms with Crippen LogP contribution in [0.5, 0.6) is 0 Å². The van der Waals surface area contributed by atoms with Crippen LogP contribution >= 0.6 is 0 Å². The minimum absolute atomic E-state index is 0.246. The van der Waals surface area contributed by atoms with Crippen LogP contribution in [-0.4, -0.2) is 5.11 Å². The molecular weight excluding hydrogens is 239 g/mol. The van der Waals surface area contributed by atoms with Crippen molar-refractivity contribution < 1.29 is 9.50 Å². The summed E-state index contributed by atoms with van der Waals surface area (Å²) in [5, 5.41) is 10.8. The smallest absolute Gasteiger partial charge is 0.126 e. The van der Waals surface area contributed by atoms with Crippen LogP contribution in [0, 0.1) is 12.7 Å². The molecule has 2 heteroatoms. The molecule has 1 unspecified atom stereocenters. The molecule has 0 heterocycles. The third-order valence-corrected chi connectivity index (χ3v) is 4.15. The molecule has 0 spiro atoms. The third kappa shape index (κ3) is 3.24. The molecule has 104 valence electrons. The first-order chi connectivity index (χ1) is 9.01. The molecule has 1 nitrogen and oxygen atoms in total. The second-order valence-electron chi connectivity index (χ2n) is 5.72. The summed E-state index contributed by atoms with van der Waals surface area (Å²) in [5.74, 6) is -0.246. The van der Waals surface area contributed by atoms with Crippen LogP contribution in [-0.2, 0) is 5.60 Å². The average molecular weight is 262 g/mol. The lowest BCUT2D eigenvalue weighted by Gasteiger charge is -2.29. The highest BCUT2D eigenvalue weighted by Gasteiger charge is 2.28. The van der Waals surface area contributed by atoms with Gasteiger partial charge in [-0.25, -0.2) is 4.39 Å². The lowest BCUT2D eigenvalue weighted by atomic mass is 9.83. The normalized spacial score (nSPS) is 22.8. The highest BCUT2D eigenvalue weighted by atomic mass is 19.1. The standard InChI is InChI=1S/C17H23FO/c1-13-10-11-15(12-16(13)18)17(2,19)14-8-6-4-3-5-7-9-14/h8,10-12,19H,3-7,9H2,1-2H3/b14-8+. The van der Waals surface area contributed by atoms with Crippen LogP contribution in [0.25, 0.3) is 0 Å². The van der Waals surface area contributed by atoms with Crippen LogP contribution < -0.4 is 0 Å². The van der Waals surface area contributed by atoms with E-state index < -0.39 is 5.60 Å². The predicted molar refractivity (Wildman–Crippen MR) is 76.5 cm³/mol. The molecule has 0 aliphatic heterocycles. The minimum atomic E-state index is -1.05. The SMILES string of the molecule is Cc1ccc(C(C)(O)/C2=C/CCCCCC2)cc1F. The maximum atomic E-state index is 13.7. The minimum Gasteiger partial charge on any atom is -0.381 e. The zero-order valence-corrected chi connectivity index (χ0v) is 11.9. The molecule has 1 aromatic rings. The van der Waals surface area contributed by atoms with Crippen molar-refractivity contribution in [2.75, 3.05) is 0 Å². The lowest BCUT2D eigenvalue weighted by molar-refractivity contribution is 0.0918. The van der Waals surface area contributed by atoms with Crippen molar-refractivity contribution in [3.8, 4) is 0 Å². The van der Waals surface area contributed by atoms with Gasteiger partial charge in [-0.15, -0.1) is 0 Å². The van der Waals surface area contributed by atoms with Crippen molar-refractivity contribution in [1.29, 1.82) is 0 Å². The van der Waals surface area contributed by atoms with E-state index in [1.807, 2.05) is 6.07 Å². The number of hydrogen-bond acceptors (Lipinski definition) is 1. The van der Waals surface area contributed by atoms with Crippen molar-refractivity contribution in [3.05, 3.63) is 46.8 Å². The summed E-state index contributed by atoms with van der Waals surface area (Å²) >= 11 is 0. The quantitative estimate of drug-likeness (QED) is 0.771. The molecule has 2 rings (SSSR count). The van der Waals surface area contributed by atoms with E-state index in [0.29, 0.717) is 11.1 Å². The van der Waals surface area contributed by atoms with Gasteiger partial charge in [0.15, 0.2) is 0 Å². The van der Waals surface area contributed by atoms with Crippen LogP contribution in [0.15, 0.2) is 29.8 Å². The summed E-state index contributed by atoms with van der Waals surface area (Å²) in [6.45, 7) is 3.52. The fraction of sp³-hybridized carbons (Fsp3) is 0.529. The lowest BCUT2D eigenvalue weighted by Crippen LogP contribution is -2.25. The van der Waals surface area contributed by atoms with Gasteiger partial charge >= 0.3 is 0 Å². The molecule has 0 saturated heterocycles. The summed E-state index contributed by atoms with van der Waals surface area (Å²) in [7, 11) is 0. The number of aryl methyl sites for hydroxylation is 1. The maximum Gasteiger partial charge on any atom is 0.126 e. The molecule has 0 fully saturated rings. The molecule has 1 aromatic carbocycles. The van der Waals surface area contributed by atoms with Gasteiger partial charge in [-0.1, -0.05) is 31.1 Å². The number of allylic oxidation sites excluding steroid dienone is 1. The number of hydrogen-bond donors (Lipinski definition) is 1. The number of aliphatic hydroxyl groups is 1. The van der Waals surface area contributed by atoms with E-state index in [2.05, 4.69) is 6.08 Å². The van der Waals surface area contributed by atoms with Gasteiger partial charge in [0, 0.05) is 0 Å². The monoisotopic (exact) mass is 262 g/mol. The Morgan fingerprint density at radius 1 is 1.16 bits per heavy atom. The van der Waals surface area contributed by atoms with E-state index in [-0.39, 0.29) is 5.82 Å². The Hall–Kier alpha value is -1.15. The third-order valence-electron chi connectivity index (χ3n) is 4.15. The maximum absolute atomic E-state index is 13.7. The van der Waals surface area contributed by atoms with Crippen molar-refractivity contribution in [1.82, 2.24) is 0 Å². The molecule has 0 amide bonds. The summed E-state index contributed by atoms with van der Waals surface area (Å²) < 4.78 is 13.7. The molecule has 19 heavy (non-hydrogen) atoms. The van der Waals surface area contributed by atoms with Crippen LogP contribution in [0.1, 0.15) is 56.6 Å². The van der Waals surface area contributed by atoms with Gasteiger partial charge < -0.3 is 5.11 Å². The summed E-state index contributed by atoms with van der Waals surface area (Å²) in [6, 6.07) is 5.04. The Kier molecular flexibility index (Phi) is 4.41. The molecule has 0 radical (unpaired) electrons. The number of benzene rings is 1. The fourth-order valence-electron chi connectivity index (χ4n) is 2.71. The second kappa shape index (κ2) is 5.87. The van der Waals surface area contributed by atoms with Gasteiger partial charge in [0.25, 0.3) is 0 Å². The number of rotatable bonds is 2. The molecule has 1 aliphatic carbocycles. The largest absolute Gasteiger partial charge is 0.381 e. The van der Waals surface area contributed by atoms with E-state index in [4.69, 9.17) is 0 Å². The van der Waals surface area contributed by atoms with Gasteiger partial charge in [0.1, 0.15) is 11.4 Å². The van der Waals surface area contributed by atoms with Gasteiger partial charge in [0.2, 0.25) is 0 Å². The Bertz CT molecular complexity index is 474. The second-order valence-corrected chi connectivity index (χ2v) is 5.72. The molecule has 0 aromatic heterocycles. The summed E-state index contributed by atoms with van der Waals surface area (Å²) in [6.07, 6.45) is 8.85. The van der Waals surface area contributed by atoms with Gasteiger partial charge in [-0.2, -0.15) is 0 Å². The van der Waals surface area contributed by atoms with Crippen LogP contribution in [0.4, 0.5) is 4.39 Å². The molecule has 1 atom stereocenters. The summed E-state index contributed by atoms with van der Waals surface area (Å²) in [5.41, 5.74) is 1.26. The Labute approximate surface area is 115 Å². The highest BCUT2D eigenvalue weighted by molar-refractivity contribution is 5.34. The zero-order chi connectivity index (χ0) is 13.9. The molecule has 1 aliphatic rings.